The van der Waals surface area contributed by atoms with Gasteiger partial charge >= 0.3 is 0 Å². The number of piperidine rings is 1. The third-order valence-corrected chi connectivity index (χ3v) is 6.54. The van der Waals surface area contributed by atoms with E-state index < -0.39 is 0 Å². The van der Waals surface area contributed by atoms with E-state index in [2.05, 4.69) is 40.7 Å². The van der Waals surface area contributed by atoms with Crippen molar-refractivity contribution in [2.24, 2.45) is 0 Å². The Hall–Kier alpha value is -2.05. The van der Waals surface area contributed by atoms with Gasteiger partial charge in [0.15, 0.2) is 11.5 Å². The molecule has 3 heterocycles. The van der Waals surface area contributed by atoms with Gasteiger partial charge in [-0.25, -0.2) is 4.98 Å². The molecule has 0 radical (unpaired) electrons. The van der Waals surface area contributed by atoms with Gasteiger partial charge in [0.05, 0.1) is 19.9 Å². The summed E-state index contributed by atoms with van der Waals surface area (Å²) in [5.74, 6) is 3.18. The summed E-state index contributed by atoms with van der Waals surface area (Å²) in [5, 5.41) is 2.23. The van der Waals surface area contributed by atoms with Crippen molar-refractivity contribution >= 4 is 16.2 Å². The smallest absolute Gasteiger partial charge is 0.161 e. The summed E-state index contributed by atoms with van der Waals surface area (Å²) < 4.78 is 13.1. The zero-order valence-electron chi connectivity index (χ0n) is 16.5. The molecule has 1 aliphatic heterocycles. The van der Waals surface area contributed by atoms with Crippen molar-refractivity contribution in [2.45, 2.75) is 39.2 Å². The maximum atomic E-state index is 5.45. The van der Waals surface area contributed by atoms with Gasteiger partial charge in [0.25, 0.3) is 0 Å². The van der Waals surface area contributed by atoms with Crippen LogP contribution in [-0.4, -0.2) is 41.6 Å². The quantitative estimate of drug-likeness (QED) is 0.652. The molecule has 0 bridgehead atoms. The zero-order chi connectivity index (χ0) is 19.0. The number of ether oxygens (including phenoxy) is 2. The second kappa shape index (κ2) is 7.52. The van der Waals surface area contributed by atoms with Crippen molar-refractivity contribution in [3.63, 3.8) is 0 Å². The first-order chi connectivity index (χ1) is 13.1. The number of nitrogens with zero attached hydrogens (tertiary/aromatic N) is 3. The highest BCUT2D eigenvalue weighted by atomic mass is 32.1. The number of imidazole rings is 1. The van der Waals surface area contributed by atoms with Crippen LogP contribution in [0.4, 0.5) is 0 Å². The summed E-state index contributed by atoms with van der Waals surface area (Å²) in [6, 6.07) is 6.21. The largest absolute Gasteiger partial charge is 0.493 e. The second-order valence-electron chi connectivity index (χ2n) is 7.33. The lowest BCUT2D eigenvalue weighted by Crippen LogP contribution is -2.34. The third kappa shape index (κ3) is 3.44. The molecule has 1 saturated heterocycles. The molecule has 6 heteroatoms. The van der Waals surface area contributed by atoms with E-state index in [1.54, 1.807) is 14.2 Å². The van der Waals surface area contributed by atoms with Gasteiger partial charge in [-0.1, -0.05) is 6.07 Å². The molecule has 144 valence electrons. The number of hydrogen-bond donors (Lipinski definition) is 0. The standard InChI is InChI=1S/C21H27N3O2S/c1-14-13-27-21-20(22-15(2)24(14)21)17-6-5-9-23(12-17)11-16-7-8-18(25-3)19(10-16)26-4/h7-8,10,13,17H,5-6,9,11-12H2,1-4H3. The maximum absolute atomic E-state index is 5.45. The van der Waals surface area contributed by atoms with E-state index >= 15 is 0 Å². The predicted octanol–water partition coefficient (Wildman–Crippen LogP) is 4.41. The zero-order valence-corrected chi connectivity index (χ0v) is 17.3. The van der Waals surface area contributed by atoms with Crippen LogP contribution in [0.1, 0.15) is 41.5 Å². The van der Waals surface area contributed by atoms with Crippen LogP contribution in [0.5, 0.6) is 11.5 Å². The minimum Gasteiger partial charge on any atom is -0.493 e. The van der Waals surface area contributed by atoms with Gasteiger partial charge in [0, 0.05) is 30.1 Å². The lowest BCUT2D eigenvalue weighted by molar-refractivity contribution is 0.199. The Morgan fingerprint density at radius 3 is 2.78 bits per heavy atom. The molecular weight excluding hydrogens is 358 g/mol. The molecule has 1 unspecified atom stereocenters. The summed E-state index contributed by atoms with van der Waals surface area (Å²) in [5.41, 5.74) is 3.82. The maximum Gasteiger partial charge on any atom is 0.161 e. The minimum atomic E-state index is 0.501. The average Bonchev–Trinajstić information content (AvgIpc) is 3.23. The van der Waals surface area contributed by atoms with Crippen LogP contribution in [-0.2, 0) is 6.54 Å². The molecule has 0 amide bonds. The van der Waals surface area contributed by atoms with Crippen LogP contribution < -0.4 is 9.47 Å². The fourth-order valence-electron chi connectivity index (χ4n) is 4.18. The molecule has 2 aromatic heterocycles. The SMILES string of the molecule is COc1ccc(CN2CCCC(c3nc(C)n4c(C)csc34)C2)cc1OC. The van der Waals surface area contributed by atoms with E-state index in [0.717, 1.165) is 37.0 Å². The first kappa shape index (κ1) is 18.3. The molecule has 0 saturated carbocycles. The van der Waals surface area contributed by atoms with Gasteiger partial charge in [0.1, 0.15) is 10.7 Å². The van der Waals surface area contributed by atoms with Crippen LogP contribution in [0.2, 0.25) is 0 Å². The van der Waals surface area contributed by atoms with E-state index in [1.807, 2.05) is 17.4 Å². The first-order valence-electron chi connectivity index (χ1n) is 9.47. The number of benzene rings is 1. The third-order valence-electron chi connectivity index (χ3n) is 5.47. The number of likely N-dealkylation sites (tertiary alicyclic amines) is 1. The summed E-state index contributed by atoms with van der Waals surface area (Å²) >= 11 is 1.82. The number of rotatable bonds is 5. The van der Waals surface area contributed by atoms with Gasteiger partial charge < -0.3 is 9.47 Å². The Morgan fingerprint density at radius 1 is 1.19 bits per heavy atom. The molecule has 0 aliphatic carbocycles. The number of aryl methyl sites for hydroxylation is 2. The molecule has 0 N–H and O–H groups in total. The molecule has 0 spiro atoms. The van der Waals surface area contributed by atoms with Gasteiger partial charge in [-0.05, 0) is 50.9 Å². The van der Waals surface area contributed by atoms with E-state index in [4.69, 9.17) is 14.5 Å². The molecule has 1 atom stereocenters. The minimum absolute atomic E-state index is 0.501. The summed E-state index contributed by atoms with van der Waals surface area (Å²) in [4.78, 5) is 8.80. The molecule has 1 aliphatic rings. The summed E-state index contributed by atoms with van der Waals surface area (Å²) in [6.07, 6.45) is 2.42. The molecule has 5 nitrogen and oxygen atoms in total. The van der Waals surface area contributed by atoms with Crippen molar-refractivity contribution in [3.05, 3.63) is 46.4 Å². The van der Waals surface area contributed by atoms with Crippen LogP contribution in [0.15, 0.2) is 23.6 Å². The topological polar surface area (TPSA) is 39.0 Å². The van der Waals surface area contributed by atoms with E-state index in [9.17, 15) is 0 Å². The highest BCUT2D eigenvalue weighted by Crippen LogP contribution is 2.34. The highest BCUT2D eigenvalue weighted by molar-refractivity contribution is 7.15. The van der Waals surface area contributed by atoms with E-state index in [0.29, 0.717) is 5.92 Å². The number of methoxy groups -OCH3 is 2. The molecule has 4 rings (SSSR count). The average molecular weight is 386 g/mol. The van der Waals surface area contributed by atoms with E-state index in [-0.39, 0.29) is 0 Å². The van der Waals surface area contributed by atoms with E-state index in [1.165, 1.54) is 34.6 Å². The lowest BCUT2D eigenvalue weighted by atomic mass is 9.95. The van der Waals surface area contributed by atoms with Gasteiger partial charge in [-0.2, -0.15) is 0 Å². The predicted molar refractivity (Wildman–Crippen MR) is 109 cm³/mol. The first-order valence-corrected chi connectivity index (χ1v) is 10.3. The Kier molecular flexibility index (Phi) is 5.10. The normalized spacial score (nSPS) is 18.1. The summed E-state index contributed by atoms with van der Waals surface area (Å²) in [7, 11) is 3.36. The molecule has 3 aromatic rings. The van der Waals surface area contributed by atoms with Gasteiger partial charge in [0.2, 0.25) is 0 Å². The fourth-order valence-corrected chi connectivity index (χ4v) is 5.28. The van der Waals surface area contributed by atoms with Crippen molar-refractivity contribution in [1.29, 1.82) is 0 Å². The monoisotopic (exact) mass is 385 g/mol. The van der Waals surface area contributed by atoms with Gasteiger partial charge in [-0.15, -0.1) is 11.3 Å². The molecule has 27 heavy (non-hydrogen) atoms. The summed E-state index contributed by atoms with van der Waals surface area (Å²) in [6.45, 7) is 7.38. The molecular formula is C21H27N3O2S. The fraction of sp³-hybridized carbons (Fsp3) is 0.476. The number of fused-ring (bicyclic) bond motifs is 1. The van der Waals surface area contributed by atoms with Crippen molar-refractivity contribution < 1.29 is 9.47 Å². The van der Waals surface area contributed by atoms with Gasteiger partial charge in [-0.3, -0.25) is 9.30 Å². The van der Waals surface area contributed by atoms with Crippen LogP contribution in [0.3, 0.4) is 0 Å². The van der Waals surface area contributed by atoms with Crippen molar-refractivity contribution in [2.75, 3.05) is 27.3 Å². The Morgan fingerprint density at radius 2 is 2.00 bits per heavy atom. The molecule has 1 fully saturated rings. The van der Waals surface area contributed by atoms with Crippen LogP contribution in [0, 0.1) is 13.8 Å². The number of thiazole rings is 1. The van der Waals surface area contributed by atoms with Crippen molar-refractivity contribution in [1.82, 2.24) is 14.3 Å². The molecule has 1 aromatic carbocycles. The van der Waals surface area contributed by atoms with Crippen molar-refractivity contribution in [3.8, 4) is 11.5 Å². The highest BCUT2D eigenvalue weighted by Gasteiger charge is 2.26. The second-order valence-corrected chi connectivity index (χ2v) is 8.18. The van der Waals surface area contributed by atoms with Crippen LogP contribution >= 0.6 is 11.3 Å². The van der Waals surface area contributed by atoms with Crippen LogP contribution in [0.25, 0.3) is 4.83 Å². The number of hydrogen-bond acceptors (Lipinski definition) is 5. The Bertz CT molecular complexity index is 946. The number of aromatic nitrogens is 2. The Labute approximate surface area is 164 Å². The lowest BCUT2D eigenvalue weighted by Gasteiger charge is -2.32. The Balaban J connectivity index is 1.53.